The minimum absolute atomic E-state index is 0.0824. The molecule has 2 unspecified atom stereocenters. The molecule has 1 N–H and O–H groups in total. The van der Waals surface area contributed by atoms with Gasteiger partial charge < -0.3 is 5.11 Å². The zero-order chi connectivity index (χ0) is 18.3. The Morgan fingerprint density at radius 3 is 1.92 bits per heavy atom. The van der Waals surface area contributed by atoms with Gasteiger partial charge in [0.25, 0.3) is 0 Å². The fourth-order valence-corrected chi connectivity index (χ4v) is 4.53. The van der Waals surface area contributed by atoms with E-state index in [-0.39, 0.29) is 5.92 Å². The van der Waals surface area contributed by atoms with E-state index < -0.39 is 5.97 Å². The van der Waals surface area contributed by atoms with E-state index in [4.69, 9.17) is 0 Å². The lowest BCUT2D eigenvalue weighted by Gasteiger charge is -2.24. The van der Waals surface area contributed by atoms with Crippen molar-refractivity contribution in [3.05, 3.63) is 0 Å². The van der Waals surface area contributed by atoms with Gasteiger partial charge in [-0.25, -0.2) is 0 Å². The number of unbranched alkanes of at least 4 members (excludes halogenated alkanes) is 10. The maximum atomic E-state index is 11.8. The monoisotopic (exact) mass is 416 g/mol. The molecule has 2 atom stereocenters. The van der Waals surface area contributed by atoms with E-state index in [1.54, 1.807) is 0 Å². The molecule has 3 heteroatoms. The normalized spacial score (nSPS) is 16.7. The molecule has 1 aliphatic carbocycles. The third kappa shape index (κ3) is 11.3. The second-order valence-corrected chi connectivity index (χ2v) is 8.89. The van der Waals surface area contributed by atoms with Gasteiger partial charge in [-0.3, -0.25) is 4.79 Å². The van der Waals surface area contributed by atoms with E-state index in [1.165, 1.54) is 83.5 Å². The molecule has 25 heavy (non-hydrogen) atoms. The molecule has 148 valence electrons. The lowest BCUT2D eigenvalue weighted by Crippen LogP contribution is -2.25. The predicted octanol–water partition coefficient (Wildman–Crippen LogP) is 7.59. The molecule has 0 aliphatic heterocycles. The van der Waals surface area contributed by atoms with Gasteiger partial charge in [-0.15, -0.1) is 0 Å². The van der Waals surface area contributed by atoms with Crippen LogP contribution in [0.2, 0.25) is 0 Å². The highest BCUT2D eigenvalue weighted by Crippen LogP contribution is 2.44. The summed E-state index contributed by atoms with van der Waals surface area (Å²) in [6, 6.07) is 0. The molecule has 1 aliphatic rings. The number of alkyl halides is 1. The highest BCUT2D eigenvalue weighted by atomic mass is 79.9. The quantitative estimate of drug-likeness (QED) is 0.184. The van der Waals surface area contributed by atoms with Crippen molar-refractivity contribution >= 4 is 21.9 Å². The van der Waals surface area contributed by atoms with Gasteiger partial charge >= 0.3 is 5.97 Å². The second-order valence-electron chi connectivity index (χ2n) is 8.10. The van der Waals surface area contributed by atoms with Crippen molar-refractivity contribution in [2.45, 2.75) is 110 Å². The van der Waals surface area contributed by atoms with Crippen molar-refractivity contribution in [3.8, 4) is 0 Å². The third-order valence-electron chi connectivity index (χ3n) is 5.85. The summed E-state index contributed by atoms with van der Waals surface area (Å²) in [5.41, 5.74) is 0. The molecule has 0 radical (unpaired) electrons. The van der Waals surface area contributed by atoms with Crippen LogP contribution in [0.3, 0.4) is 0 Å². The van der Waals surface area contributed by atoms with Crippen LogP contribution in [0.15, 0.2) is 0 Å². The average molecular weight is 417 g/mol. The van der Waals surface area contributed by atoms with Crippen molar-refractivity contribution in [2.24, 2.45) is 17.8 Å². The molecular weight excluding hydrogens is 376 g/mol. The lowest BCUT2D eigenvalue weighted by molar-refractivity contribution is -0.144. The van der Waals surface area contributed by atoms with Gasteiger partial charge in [0.1, 0.15) is 0 Å². The summed E-state index contributed by atoms with van der Waals surface area (Å²) >= 11 is 3.47. The predicted molar refractivity (Wildman–Crippen MR) is 111 cm³/mol. The van der Waals surface area contributed by atoms with Gasteiger partial charge in [-0.2, -0.15) is 0 Å². The number of carbonyl (C=O) groups is 1. The first kappa shape index (κ1) is 23.0. The second kappa shape index (κ2) is 15.1. The van der Waals surface area contributed by atoms with E-state index in [1.807, 2.05) is 0 Å². The molecule has 0 bridgehead atoms. The first-order valence-electron chi connectivity index (χ1n) is 11.0. The van der Waals surface area contributed by atoms with Crippen molar-refractivity contribution < 1.29 is 9.90 Å². The maximum Gasteiger partial charge on any atom is 0.306 e. The van der Waals surface area contributed by atoms with Crippen molar-refractivity contribution in [1.29, 1.82) is 0 Å². The summed E-state index contributed by atoms with van der Waals surface area (Å²) in [6.45, 7) is 2.26. The summed E-state index contributed by atoms with van der Waals surface area (Å²) in [4.78, 5) is 11.8. The van der Waals surface area contributed by atoms with Crippen LogP contribution >= 0.6 is 15.9 Å². The number of hydrogen-bond donors (Lipinski definition) is 1. The van der Waals surface area contributed by atoms with Crippen LogP contribution in [-0.2, 0) is 4.79 Å². The van der Waals surface area contributed by atoms with Crippen LogP contribution < -0.4 is 0 Å². The van der Waals surface area contributed by atoms with Gasteiger partial charge in [0.2, 0.25) is 0 Å². The minimum atomic E-state index is -0.531. The summed E-state index contributed by atoms with van der Waals surface area (Å²) < 4.78 is 0. The van der Waals surface area contributed by atoms with Crippen LogP contribution in [0.5, 0.6) is 0 Å². The zero-order valence-corrected chi connectivity index (χ0v) is 18.1. The summed E-state index contributed by atoms with van der Waals surface area (Å²) in [5.74, 6) is 0.556. The fraction of sp³-hybridized carbons (Fsp3) is 0.955. The van der Waals surface area contributed by atoms with E-state index in [0.29, 0.717) is 11.8 Å². The van der Waals surface area contributed by atoms with Crippen molar-refractivity contribution in [1.82, 2.24) is 0 Å². The Balaban J connectivity index is 2.23. The van der Waals surface area contributed by atoms with Crippen molar-refractivity contribution in [3.63, 3.8) is 0 Å². The van der Waals surface area contributed by atoms with Gasteiger partial charge in [-0.05, 0) is 43.9 Å². The minimum Gasteiger partial charge on any atom is -0.481 e. The van der Waals surface area contributed by atoms with Crippen LogP contribution in [0.4, 0.5) is 0 Å². The van der Waals surface area contributed by atoms with E-state index in [0.717, 1.165) is 24.6 Å². The van der Waals surface area contributed by atoms with Gasteiger partial charge in [0.15, 0.2) is 0 Å². The Hall–Kier alpha value is -0.0500. The number of aliphatic carboxylic acids is 1. The first-order chi connectivity index (χ1) is 12.2. The van der Waals surface area contributed by atoms with Gasteiger partial charge in [0.05, 0.1) is 5.92 Å². The Labute approximate surface area is 164 Å². The molecule has 0 aromatic carbocycles. The SMILES string of the molecule is CCCCCCCCCCC(C1CC1)C(CCCCCCBr)C(=O)O. The molecule has 0 saturated heterocycles. The van der Waals surface area contributed by atoms with Gasteiger partial charge in [-0.1, -0.05) is 93.5 Å². The molecule has 0 aromatic heterocycles. The lowest BCUT2D eigenvalue weighted by atomic mass is 9.80. The largest absolute Gasteiger partial charge is 0.481 e. The van der Waals surface area contributed by atoms with Crippen molar-refractivity contribution in [2.75, 3.05) is 5.33 Å². The van der Waals surface area contributed by atoms with E-state index in [9.17, 15) is 9.90 Å². The molecule has 0 heterocycles. The molecule has 1 saturated carbocycles. The van der Waals surface area contributed by atoms with Gasteiger partial charge in [0, 0.05) is 5.33 Å². The number of halogens is 1. The topological polar surface area (TPSA) is 37.3 Å². The van der Waals surface area contributed by atoms with E-state index >= 15 is 0 Å². The smallest absolute Gasteiger partial charge is 0.306 e. The van der Waals surface area contributed by atoms with Crippen LogP contribution in [-0.4, -0.2) is 16.4 Å². The maximum absolute atomic E-state index is 11.8. The molecule has 2 nitrogen and oxygen atoms in total. The summed E-state index contributed by atoms with van der Waals surface area (Å²) in [6.07, 6.45) is 20.0. The molecule has 0 aromatic rings. The molecule has 1 fully saturated rings. The molecule has 0 amide bonds. The fourth-order valence-electron chi connectivity index (χ4n) is 4.14. The van der Waals surface area contributed by atoms with Crippen LogP contribution in [0.1, 0.15) is 110 Å². The number of carboxylic acids is 1. The Morgan fingerprint density at radius 2 is 1.40 bits per heavy atom. The Morgan fingerprint density at radius 1 is 0.880 bits per heavy atom. The first-order valence-corrected chi connectivity index (χ1v) is 12.1. The van der Waals surface area contributed by atoms with Crippen LogP contribution in [0, 0.1) is 17.8 Å². The number of carboxylic acid groups (broad SMARTS) is 1. The Bertz CT molecular complexity index is 328. The number of hydrogen-bond acceptors (Lipinski definition) is 1. The molecule has 1 rings (SSSR count). The third-order valence-corrected chi connectivity index (χ3v) is 6.41. The molecule has 0 spiro atoms. The standard InChI is InChI=1S/C22H41BrO2/c1-2-3-4-5-6-7-8-11-14-20(19-16-17-19)21(22(24)25)15-12-9-10-13-18-23/h19-21H,2-18H2,1H3,(H,24,25). The highest BCUT2D eigenvalue weighted by molar-refractivity contribution is 9.09. The average Bonchev–Trinajstić information content (AvgIpc) is 3.42. The highest BCUT2D eigenvalue weighted by Gasteiger charge is 2.38. The Kier molecular flexibility index (Phi) is 13.8. The summed E-state index contributed by atoms with van der Waals surface area (Å²) in [7, 11) is 0. The van der Waals surface area contributed by atoms with E-state index in [2.05, 4.69) is 22.9 Å². The molecular formula is C22H41BrO2. The van der Waals surface area contributed by atoms with Crippen LogP contribution in [0.25, 0.3) is 0 Å². The summed E-state index contributed by atoms with van der Waals surface area (Å²) in [5, 5.41) is 10.8. The number of rotatable bonds is 18. The zero-order valence-electron chi connectivity index (χ0n) is 16.5.